The van der Waals surface area contributed by atoms with E-state index in [1.54, 1.807) is 11.8 Å². The van der Waals surface area contributed by atoms with Gasteiger partial charge in [-0.2, -0.15) is 5.10 Å². The molecular formula is C11H17N3OS. The van der Waals surface area contributed by atoms with Crippen molar-refractivity contribution in [3.05, 3.63) is 11.8 Å². The summed E-state index contributed by atoms with van der Waals surface area (Å²) >= 11 is 1.74. The molecule has 1 atom stereocenters. The lowest BCUT2D eigenvalue weighted by molar-refractivity contribution is -0.115. The van der Waals surface area contributed by atoms with Crippen molar-refractivity contribution >= 4 is 23.5 Å². The summed E-state index contributed by atoms with van der Waals surface area (Å²) in [5.41, 5.74) is 1.08. The van der Waals surface area contributed by atoms with Gasteiger partial charge in [0, 0.05) is 11.8 Å². The molecule has 4 nitrogen and oxygen atoms in total. The number of carbonyl (C=O) groups excluding carboxylic acids is 1. The van der Waals surface area contributed by atoms with Gasteiger partial charge in [0.05, 0.1) is 5.25 Å². The fourth-order valence-electron chi connectivity index (χ4n) is 1.81. The summed E-state index contributed by atoms with van der Waals surface area (Å²) in [6, 6.07) is 1.92. The molecule has 1 amide bonds. The normalized spacial score (nSPS) is 19.9. The van der Waals surface area contributed by atoms with Gasteiger partial charge < -0.3 is 5.32 Å². The summed E-state index contributed by atoms with van der Waals surface area (Å²) < 4.78 is 0. The predicted molar refractivity (Wildman–Crippen MR) is 66.7 cm³/mol. The lowest BCUT2D eigenvalue weighted by Gasteiger charge is -2.06. The van der Waals surface area contributed by atoms with Crippen molar-refractivity contribution in [2.45, 2.75) is 37.9 Å². The Morgan fingerprint density at radius 1 is 1.75 bits per heavy atom. The maximum atomic E-state index is 11.8. The number of aryl methyl sites for hydroxylation is 1. The molecule has 1 aliphatic heterocycles. The number of hydrogen-bond donors (Lipinski definition) is 2. The van der Waals surface area contributed by atoms with Crippen molar-refractivity contribution in [3.8, 4) is 0 Å². The highest BCUT2D eigenvalue weighted by atomic mass is 32.2. The van der Waals surface area contributed by atoms with Gasteiger partial charge in [0.2, 0.25) is 5.91 Å². The third-order valence-electron chi connectivity index (χ3n) is 2.62. The summed E-state index contributed by atoms with van der Waals surface area (Å²) in [6.07, 6.45) is 4.18. The highest BCUT2D eigenvalue weighted by molar-refractivity contribution is 8.00. The van der Waals surface area contributed by atoms with Gasteiger partial charge in [-0.1, -0.05) is 13.3 Å². The van der Waals surface area contributed by atoms with E-state index in [4.69, 9.17) is 0 Å². The number of nitrogens with zero attached hydrogens (tertiary/aromatic N) is 1. The zero-order valence-electron chi connectivity index (χ0n) is 9.45. The van der Waals surface area contributed by atoms with Gasteiger partial charge in [-0.3, -0.25) is 9.89 Å². The number of thioether (sulfide) groups is 1. The van der Waals surface area contributed by atoms with Crippen molar-refractivity contribution in [2.75, 3.05) is 11.1 Å². The number of H-pyrrole nitrogens is 1. The van der Waals surface area contributed by atoms with Crippen molar-refractivity contribution in [1.82, 2.24) is 10.2 Å². The maximum Gasteiger partial charge on any atom is 0.238 e. The number of aromatic amines is 1. The van der Waals surface area contributed by atoms with E-state index < -0.39 is 0 Å². The Labute approximate surface area is 99.6 Å². The first-order chi connectivity index (χ1) is 7.79. The van der Waals surface area contributed by atoms with Gasteiger partial charge in [0.15, 0.2) is 5.82 Å². The molecule has 0 aliphatic carbocycles. The van der Waals surface area contributed by atoms with E-state index in [-0.39, 0.29) is 11.2 Å². The molecule has 2 N–H and O–H groups in total. The van der Waals surface area contributed by atoms with Crippen LogP contribution >= 0.6 is 11.8 Å². The number of carbonyl (C=O) groups is 1. The topological polar surface area (TPSA) is 57.8 Å². The highest BCUT2D eigenvalue weighted by Gasteiger charge is 2.23. The average molecular weight is 239 g/mol. The van der Waals surface area contributed by atoms with E-state index in [1.165, 1.54) is 0 Å². The van der Waals surface area contributed by atoms with Gasteiger partial charge in [0.1, 0.15) is 0 Å². The van der Waals surface area contributed by atoms with Crippen LogP contribution in [0.4, 0.5) is 5.82 Å². The van der Waals surface area contributed by atoms with E-state index >= 15 is 0 Å². The number of aromatic nitrogens is 2. The molecule has 2 rings (SSSR count). The summed E-state index contributed by atoms with van der Waals surface area (Å²) in [6.45, 7) is 2.12. The lowest BCUT2D eigenvalue weighted by Crippen LogP contribution is -2.23. The van der Waals surface area contributed by atoms with Crippen LogP contribution in [-0.2, 0) is 11.2 Å². The number of hydrogen-bond acceptors (Lipinski definition) is 3. The van der Waals surface area contributed by atoms with Crippen molar-refractivity contribution in [2.24, 2.45) is 0 Å². The highest BCUT2D eigenvalue weighted by Crippen LogP contribution is 2.27. The minimum atomic E-state index is 0.0945. The number of anilines is 1. The Balaban J connectivity index is 1.89. The molecule has 1 fully saturated rings. The monoisotopic (exact) mass is 239 g/mol. The first-order valence-corrected chi connectivity index (χ1v) is 6.81. The van der Waals surface area contributed by atoms with Gasteiger partial charge in [0.25, 0.3) is 0 Å². The smallest absolute Gasteiger partial charge is 0.238 e. The molecule has 0 bridgehead atoms. The average Bonchev–Trinajstić information content (AvgIpc) is 2.89. The van der Waals surface area contributed by atoms with Crippen molar-refractivity contribution in [3.63, 3.8) is 0 Å². The zero-order chi connectivity index (χ0) is 11.4. The van der Waals surface area contributed by atoms with E-state index in [9.17, 15) is 4.79 Å². The lowest BCUT2D eigenvalue weighted by atomic mass is 10.2. The number of nitrogens with one attached hydrogen (secondary N) is 2. The Kier molecular flexibility index (Phi) is 3.88. The largest absolute Gasteiger partial charge is 0.308 e. The SMILES string of the molecule is CCCc1cc(NC(=O)C2CCCS2)n[nH]1. The van der Waals surface area contributed by atoms with E-state index in [0.717, 1.165) is 37.1 Å². The summed E-state index contributed by atoms with van der Waals surface area (Å²) in [5.74, 6) is 1.85. The van der Waals surface area contributed by atoms with Crippen LogP contribution in [0.15, 0.2) is 6.07 Å². The number of amides is 1. The fourth-order valence-corrected chi connectivity index (χ4v) is 2.98. The standard InChI is InChI=1S/C11H17N3OS/c1-2-4-8-7-10(14-13-8)12-11(15)9-5-3-6-16-9/h7,9H,2-6H2,1H3,(H2,12,13,14,15). The van der Waals surface area contributed by atoms with Crippen LogP contribution in [0.1, 0.15) is 31.9 Å². The maximum absolute atomic E-state index is 11.8. The van der Waals surface area contributed by atoms with Gasteiger partial charge in [-0.05, 0) is 25.0 Å². The third kappa shape index (κ3) is 2.78. The van der Waals surface area contributed by atoms with Crippen LogP contribution in [0.5, 0.6) is 0 Å². The first-order valence-electron chi connectivity index (χ1n) is 5.76. The molecule has 1 saturated heterocycles. The molecule has 0 spiro atoms. The second-order valence-electron chi connectivity index (χ2n) is 4.02. The molecule has 16 heavy (non-hydrogen) atoms. The minimum Gasteiger partial charge on any atom is -0.308 e. The third-order valence-corrected chi connectivity index (χ3v) is 4.00. The molecule has 0 saturated carbocycles. The Bertz CT molecular complexity index is 358. The Morgan fingerprint density at radius 3 is 3.31 bits per heavy atom. The Morgan fingerprint density at radius 2 is 2.62 bits per heavy atom. The Hall–Kier alpha value is -0.970. The number of rotatable bonds is 4. The molecule has 1 aromatic heterocycles. The van der Waals surface area contributed by atoms with Crippen molar-refractivity contribution in [1.29, 1.82) is 0 Å². The van der Waals surface area contributed by atoms with Crippen LogP contribution < -0.4 is 5.32 Å². The van der Waals surface area contributed by atoms with Crippen molar-refractivity contribution < 1.29 is 4.79 Å². The molecule has 1 aromatic rings. The predicted octanol–water partition coefficient (Wildman–Crippen LogP) is 2.20. The molecule has 1 unspecified atom stereocenters. The van der Waals surface area contributed by atoms with E-state index in [2.05, 4.69) is 22.4 Å². The summed E-state index contributed by atoms with van der Waals surface area (Å²) in [7, 11) is 0. The van der Waals surface area contributed by atoms with E-state index in [1.807, 2.05) is 6.07 Å². The molecule has 0 radical (unpaired) electrons. The molecule has 1 aliphatic rings. The zero-order valence-corrected chi connectivity index (χ0v) is 10.3. The van der Waals surface area contributed by atoms with Crippen LogP contribution in [0.25, 0.3) is 0 Å². The minimum absolute atomic E-state index is 0.0945. The molecule has 2 heterocycles. The molecule has 5 heteroatoms. The second kappa shape index (κ2) is 5.39. The van der Waals surface area contributed by atoms with E-state index in [0.29, 0.717) is 5.82 Å². The molecular weight excluding hydrogens is 222 g/mol. The fraction of sp³-hybridized carbons (Fsp3) is 0.636. The van der Waals surface area contributed by atoms with Crippen LogP contribution in [0, 0.1) is 0 Å². The summed E-state index contributed by atoms with van der Waals surface area (Å²) in [4.78, 5) is 11.8. The van der Waals surface area contributed by atoms with Gasteiger partial charge >= 0.3 is 0 Å². The first kappa shape index (κ1) is 11.5. The quantitative estimate of drug-likeness (QED) is 0.847. The molecule has 88 valence electrons. The van der Waals surface area contributed by atoms with Crippen LogP contribution in [0.3, 0.4) is 0 Å². The van der Waals surface area contributed by atoms with Crippen LogP contribution in [0.2, 0.25) is 0 Å². The van der Waals surface area contributed by atoms with Crippen LogP contribution in [-0.4, -0.2) is 27.1 Å². The van der Waals surface area contributed by atoms with Gasteiger partial charge in [-0.25, -0.2) is 0 Å². The summed E-state index contributed by atoms with van der Waals surface area (Å²) in [5, 5.41) is 9.99. The molecule has 0 aromatic carbocycles. The second-order valence-corrected chi connectivity index (χ2v) is 5.33. The van der Waals surface area contributed by atoms with Gasteiger partial charge in [-0.15, -0.1) is 11.8 Å².